The number of hydrogen-bond acceptors (Lipinski definition) is 9. The highest BCUT2D eigenvalue weighted by Crippen LogP contribution is 2.33. The van der Waals surface area contributed by atoms with Gasteiger partial charge in [0.2, 0.25) is 5.91 Å². The molecular formula is C22H23N7O4S. The summed E-state index contributed by atoms with van der Waals surface area (Å²) in [4.78, 5) is 25.7. The number of rotatable bonds is 8. The van der Waals surface area contributed by atoms with Crippen LogP contribution < -0.4 is 15.4 Å². The Morgan fingerprint density at radius 1 is 1.21 bits per heavy atom. The van der Waals surface area contributed by atoms with Gasteiger partial charge in [-0.25, -0.2) is 27.9 Å². The van der Waals surface area contributed by atoms with Gasteiger partial charge in [-0.3, -0.25) is 4.79 Å². The molecule has 0 saturated heterocycles. The molecule has 0 atom stereocenters. The maximum Gasteiger partial charge on any atom is 0.228 e. The van der Waals surface area contributed by atoms with Gasteiger partial charge in [0, 0.05) is 48.0 Å². The fraction of sp³-hybridized carbons (Fsp3) is 0.318. The molecule has 1 saturated carbocycles. The molecule has 1 aliphatic carbocycles. The summed E-state index contributed by atoms with van der Waals surface area (Å²) in [6.07, 6.45) is 7.98. The maximum absolute atomic E-state index is 12.2. The summed E-state index contributed by atoms with van der Waals surface area (Å²) in [7, 11) is -1.33. The Kier molecular flexibility index (Phi) is 5.52. The third-order valence-corrected chi connectivity index (χ3v) is 6.38. The molecule has 0 radical (unpaired) electrons. The van der Waals surface area contributed by atoms with Crippen LogP contribution in [0.5, 0.6) is 5.75 Å². The molecule has 11 nitrogen and oxygen atoms in total. The second-order valence-electron chi connectivity index (χ2n) is 8.23. The molecule has 0 bridgehead atoms. The summed E-state index contributed by atoms with van der Waals surface area (Å²) in [5.74, 6) is 2.01. The van der Waals surface area contributed by atoms with Crippen molar-refractivity contribution >= 4 is 43.8 Å². The van der Waals surface area contributed by atoms with Crippen LogP contribution in [0.4, 0.5) is 11.6 Å². The van der Waals surface area contributed by atoms with Crippen molar-refractivity contribution in [1.29, 1.82) is 0 Å². The zero-order valence-corrected chi connectivity index (χ0v) is 19.5. The lowest BCUT2D eigenvalue weighted by atomic mass is 10.1. The van der Waals surface area contributed by atoms with Crippen molar-refractivity contribution in [2.24, 2.45) is 5.92 Å². The summed E-state index contributed by atoms with van der Waals surface area (Å²) >= 11 is 0. The number of fused-ring (bicyclic) bond motifs is 2. The molecule has 1 amide bonds. The maximum atomic E-state index is 12.2. The van der Waals surface area contributed by atoms with Gasteiger partial charge in [-0.1, -0.05) is 0 Å². The van der Waals surface area contributed by atoms with Crippen LogP contribution in [-0.4, -0.2) is 64.6 Å². The first kappa shape index (κ1) is 22.0. The zero-order valence-electron chi connectivity index (χ0n) is 18.6. The Balaban J connectivity index is 1.50. The summed E-state index contributed by atoms with van der Waals surface area (Å²) in [6.45, 7) is 0.0499. The average Bonchev–Trinajstić information content (AvgIpc) is 3.57. The van der Waals surface area contributed by atoms with E-state index in [1.165, 1.54) is 6.26 Å². The Bertz CT molecular complexity index is 1510. The van der Waals surface area contributed by atoms with Crippen LogP contribution >= 0.6 is 0 Å². The number of ether oxygens (including phenoxy) is 1. The molecule has 1 fully saturated rings. The highest BCUT2D eigenvalue weighted by molar-refractivity contribution is 7.90. The molecule has 34 heavy (non-hydrogen) atoms. The summed E-state index contributed by atoms with van der Waals surface area (Å²) in [5.41, 5.74) is 1.27. The van der Waals surface area contributed by atoms with E-state index in [1.54, 1.807) is 48.4 Å². The molecule has 176 valence electrons. The lowest BCUT2D eigenvalue weighted by Gasteiger charge is -2.10. The standard InChI is InChI=1S/C22H23N7O4S/c1-23-20-16-10-24-18(26-22(30)13-3-4-13)9-15(16)17(11-25-20)21-27-19-6-5-14(12-29(19)28-21)33-7-8-34(2,31)32/h5-6,9-13H,3-4,7-8H2,1-2H3,(H,23,25)(H,24,26,30). The number of carbonyl (C=O) groups excluding carboxylic acids is 1. The Labute approximate surface area is 195 Å². The Morgan fingerprint density at radius 2 is 2.03 bits per heavy atom. The van der Waals surface area contributed by atoms with Crippen molar-refractivity contribution in [2.75, 3.05) is 36.3 Å². The van der Waals surface area contributed by atoms with Crippen LogP contribution in [0.25, 0.3) is 27.8 Å². The fourth-order valence-electron chi connectivity index (χ4n) is 3.53. The molecule has 0 aliphatic heterocycles. The van der Waals surface area contributed by atoms with E-state index in [9.17, 15) is 13.2 Å². The van der Waals surface area contributed by atoms with Crippen LogP contribution in [-0.2, 0) is 14.6 Å². The second-order valence-corrected chi connectivity index (χ2v) is 10.5. The third kappa shape index (κ3) is 4.62. The monoisotopic (exact) mass is 481 g/mol. The topological polar surface area (TPSA) is 140 Å². The summed E-state index contributed by atoms with van der Waals surface area (Å²) in [5, 5.41) is 12.1. The Morgan fingerprint density at radius 3 is 2.76 bits per heavy atom. The van der Waals surface area contributed by atoms with Gasteiger partial charge < -0.3 is 15.4 Å². The van der Waals surface area contributed by atoms with Crippen molar-refractivity contribution in [3.8, 4) is 17.1 Å². The number of nitrogens with zero attached hydrogens (tertiary/aromatic N) is 5. The van der Waals surface area contributed by atoms with Gasteiger partial charge in [0.1, 0.15) is 24.0 Å². The van der Waals surface area contributed by atoms with E-state index >= 15 is 0 Å². The van der Waals surface area contributed by atoms with Crippen molar-refractivity contribution in [3.05, 3.63) is 36.8 Å². The highest BCUT2D eigenvalue weighted by atomic mass is 32.2. The molecular weight excluding hydrogens is 458 g/mol. The SMILES string of the molecule is CNc1ncc(-c2nc3ccc(OCCS(C)(=O)=O)cn3n2)c2cc(NC(=O)C3CC3)ncc12. The minimum absolute atomic E-state index is 0.0226. The van der Waals surface area contributed by atoms with Crippen molar-refractivity contribution in [1.82, 2.24) is 24.6 Å². The minimum Gasteiger partial charge on any atom is -0.491 e. The van der Waals surface area contributed by atoms with E-state index in [0.717, 1.165) is 23.6 Å². The molecule has 0 aromatic carbocycles. The van der Waals surface area contributed by atoms with Crippen LogP contribution in [0.3, 0.4) is 0 Å². The second kappa shape index (κ2) is 8.52. The van der Waals surface area contributed by atoms with E-state index in [1.807, 2.05) is 0 Å². The predicted molar refractivity (Wildman–Crippen MR) is 128 cm³/mol. The van der Waals surface area contributed by atoms with E-state index < -0.39 is 9.84 Å². The smallest absolute Gasteiger partial charge is 0.228 e. The molecule has 0 unspecified atom stereocenters. The summed E-state index contributed by atoms with van der Waals surface area (Å²) < 4.78 is 29.8. The molecule has 12 heteroatoms. The molecule has 4 aromatic heterocycles. The van der Waals surface area contributed by atoms with Crippen LogP contribution in [0.1, 0.15) is 12.8 Å². The number of amides is 1. The van der Waals surface area contributed by atoms with E-state index in [2.05, 4.69) is 30.7 Å². The number of anilines is 2. The predicted octanol–water partition coefficient (Wildman–Crippen LogP) is 2.15. The first-order chi connectivity index (χ1) is 16.3. The van der Waals surface area contributed by atoms with Gasteiger partial charge in [-0.15, -0.1) is 5.10 Å². The highest BCUT2D eigenvalue weighted by Gasteiger charge is 2.30. The number of pyridine rings is 3. The lowest BCUT2D eigenvalue weighted by Crippen LogP contribution is -2.14. The zero-order chi connectivity index (χ0) is 23.9. The fourth-order valence-corrected chi connectivity index (χ4v) is 3.92. The van der Waals surface area contributed by atoms with Gasteiger partial charge in [-0.2, -0.15) is 0 Å². The van der Waals surface area contributed by atoms with Gasteiger partial charge in [0.15, 0.2) is 21.3 Å². The van der Waals surface area contributed by atoms with Crippen molar-refractivity contribution in [3.63, 3.8) is 0 Å². The number of hydrogen-bond donors (Lipinski definition) is 2. The third-order valence-electron chi connectivity index (χ3n) is 5.48. The van der Waals surface area contributed by atoms with Gasteiger partial charge in [0.25, 0.3) is 0 Å². The van der Waals surface area contributed by atoms with Crippen LogP contribution in [0.15, 0.2) is 36.8 Å². The van der Waals surface area contributed by atoms with Gasteiger partial charge in [0.05, 0.1) is 11.9 Å². The first-order valence-electron chi connectivity index (χ1n) is 10.8. The molecule has 4 heterocycles. The molecule has 2 N–H and O–H groups in total. The minimum atomic E-state index is -3.11. The van der Waals surface area contributed by atoms with Gasteiger partial charge >= 0.3 is 0 Å². The van der Waals surface area contributed by atoms with E-state index in [-0.39, 0.29) is 24.2 Å². The van der Waals surface area contributed by atoms with Crippen LogP contribution in [0.2, 0.25) is 0 Å². The van der Waals surface area contributed by atoms with Crippen LogP contribution in [0, 0.1) is 5.92 Å². The first-order valence-corrected chi connectivity index (χ1v) is 12.8. The Hall–Kier alpha value is -3.80. The molecule has 5 rings (SSSR count). The van der Waals surface area contributed by atoms with Crippen molar-refractivity contribution < 1.29 is 17.9 Å². The van der Waals surface area contributed by atoms with Crippen molar-refractivity contribution in [2.45, 2.75) is 12.8 Å². The number of aromatic nitrogens is 5. The average molecular weight is 482 g/mol. The number of sulfone groups is 1. The summed E-state index contributed by atoms with van der Waals surface area (Å²) in [6, 6.07) is 5.26. The largest absolute Gasteiger partial charge is 0.491 e. The van der Waals surface area contributed by atoms with Gasteiger partial charge in [-0.05, 0) is 31.0 Å². The van der Waals surface area contributed by atoms with E-state index in [4.69, 9.17) is 4.74 Å². The molecule has 1 aliphatic rings. The normalized spacial score (nSPS) is 13.8. The quantitative estimate of drug-likeness (QED) is 0.387. The number of nitrogens with one attached hydrogen (secondary N) is 2. The lowest BCUT2D eigenvalue weighted by molar-refractivity contribution is -0.117. The van der Waals surface area contributed by atoms with E-state index in [0.29, 0.717) is 34.4 Å². The molecule has 4 aromatic rings. The number of carbonyl (C=O) groups is 1. The molecule has 0 spiro atoms.